The number of aromatic amines is 1. The monoisotopic (exact) mass is 399 g/mol. The summed E-state index contributed by atoms with van der Waals surface area (Å²) in [6.07, 6.45) is 0. The molecule has 7 nitrogen and oxygen atoms in total. The molecule has 3 aromatic rings. The zero-order valence-electron chi connectivity index (χ0n) is 15.8. The minimum atomic E-state index is -3.82. The van der Waals surface area contributed by atoms with Gasteiger partial charge < -0.3 is 4.74 Å². The number of anilines is 1. The Hall–Kier alpha value is -3.13. The number of hydrogen-bond acceptors (Lipinski definition) is 5. The summed E-state index contributed by atoms with van der Waals surface area (Å²) in [4.78, 5) is 11.4. The van der Waals surface area contributed by atoms with Gasteiger partial charge in [-0.25, -0.2) is 13.5 Å². The van der Waals surface area contributed by atoms with Gasteiger partial charge in [-0.3, -0.25) is 9.52 Å². The SMILES string of the molecule is CCOc1ccc(NS(=O)(=O)c2cc(-c3ccc(=O)[nH]n3)cc(C)c2C)cc1. The van der Waals surface area contributed by atoms with Crippen LogP contribution in [0.2, 0.25) is 0 Å². The van der Waals surface area contributed by atoms with Crippen LogP contribution in [0.3, 0.4) is 0 Å². The van der Waals surface area contributed by atoms with Crippen molar-refractivity contribution >= 4 is 15.7 Å². The standard InChI is InChI=1S/C20H21N3O4S/c1-4-27-17-7-5-16(6-8-17)23-28(25,26)19-12-15(11-13(2)14(19)3)18-9-10-20(24)22-21-18/h5-12,23H,4H2,1-3H3,(H,22,24). The Morgan fingerprint density at radius 1 is 1.07 bits per heavy atom. The van der Waals surface area contributed by atoms with Crippen LogP contribution < -0.4 is 15.0 Å². The Morgan fingerprint density at radius 3 is 2.39 bits per heavy atom. The Bertz CT molecular complexity index is 1130. The van der Waals surface area contributed by atoms with Gasteiger partial charge in [0.05, 0.1) is 17.2 Å². The number of rotatable bonds is 6. The van der Waals surface area contributed by atoms with Crippen LogP contribution in [-0.4, -0.2) is 25.2 Å². The van der Waals surface area contributed by atoms with Crippen molar-refractivity contribution in [3.05, 3.63) is 70.0 Å². The van der Waals surface area contributed by atoms with Gasteiger partial charge in [-0.15, -0.1) is 0 Å². The van der Waals surface area contributed by atoms with Gasteiger partial charge >= 0.3 is 0 Å². The van der Waals surface area contributed by atoms with Crippen LogP contribution in [0.5, 0.6) is 5.75 Å². The summed E-state index contributed by atoms with van der Waals surface area (Å²) in [7, 11) is -3.82. The van der Waals surface area contributed by atoms with E-state index >= 15 is 0 Å². The topological polar surface area (TPSA) is 101 Å². The van der Waals surface area contributed by atoms with Gasteiger partial charge in [-0.1, -0.05) is 0 Å². The van der Waals surface area contributed by atoms with E-state index in [0.29, 0.717) is 34.9 Å². The zero-order valence-corrected chi connectivity index (χ0v) is 16.6. The molecule has 0 fully saturated rings. The van der Waals surface area contributed by atoms with Crippen LogP contribution in [0.25, 0.3) is 11.3 Å². The van der Waals surface area contributed by atoms with Crippen molar-refractivity contribution in [3.8, 4) is 17.0 Å². The number of H-pyrrole nitrogens is 1. The maximum absolute atomic E-state index is 13.0. The van der Waals surface area contributed by atoms with E-state index in [0.717, 1.165) is 5.56 Å². The smallest absolute Gasteiger partial charge is 0.264 e. The number of aromatic nitrogens is 2. The number of aryl methyl sites for hydroxylation is 1. The first-order valence-corrected chi connectivity index (χ1v) is 10.2. The van der Waals surface area contributed by atoms with Gasteiger partial charge in [-0.2, -0.15) is 5.10 Å². The van der Waals surface area contributed by atoms with Gasteiger partial charge in [0, 0.05) is 17.3 Å². The fourth-order valence-electron chi connectivity index (χ4n) is 2.76. The van der Waals surface area contributed by atoms with Crippen LogP contribution >= 0.6 is 0 Å². The Balaban J connectivity index is 1.98. The first-order valence-electron chi connectivity index (χ1n) is 8.73. The van der Waals surface area contributed by atoms with Gasteiger partial charge in [0.25, 0.3) is 15.6 Å². The molecule has 0 aliphatic carbocycles. The van der Waals surface area contributed by atoms with Crippen molar-refractivity contribution in [2.24, 2.45) is 0 Å². The molecule has 8 heteroatoms. The van der Waals surface area contributed by atoms with E-state index < -0.39 is 10.0 Å². The van der Waals surface area contributed by atoms with E-state index in [2.05, 4.69) is 14.9 Å². The van der Waals surface area contributed by atoms with Crippen molar-refractivity contribution < 1.29 is 13.2 Å². The Morgan fingerprint density at radius 2 is 1.79 bits per heavy atom. The number of nitrogens with one attached hydrogen (secondary N) is 2. The molecule has 0 aliphatic rings. The summed E-state index contributed by atoms with van der Waals surface area (Å²) in [5.41, 5.74) is 2.65. The minimum Gasteiger partial charge on any atom is -0.494 e. The van der Waals surface area contributed by atoms with Crippen LogP contribution in [0, 0.1) is 13.8 Å². The predicted molar refractivity (Wildman–Crippen MR) is 108 cm³/mol. The van der Waals surface area contributed by atoms with Gasteiger partial charge in [0.15, 0.2) is 0 Å². The third kappa shape index (κ3) is 4.23. The van der Waals surface area contributed by atoms with E-state index in [4.69, 9.17) is 4.74 Å². The van der Waals surface area contributed by atoms with Crippen LogP contribution in [0.4, 0.5) is 5.69 Å². The summed E-state index contributed by atoms with van der Waals surface area (Å²) in [6.45, 7) is 6.01. The normalized spacial score (nSPS) is 11.2. The summed E-state index contributed by atoms with van der Waals surface area (Å²) >= 11 is 0. The summed E-state index contributed by atoms with van der Waals surface area (Å²) in [5, 5.41) is 6.35. The molecule has 0 aliphatic heterocycles. The lowest BCUT2D eigenvalue weighted by Crippen LogP contribution is -2.15. The second kappa shape index (κ2) is 7.85. The number of ether oxygens (including phenoxy) is 1. The average Bonchev–Trinajstić information content (AvgIpc) is 2.66. The summed E-state index contributed by atoms with van der Waals surface area (Å²) < 4.78 is 34.0. The summed E-state index contributed by atoms with van der Waals surface area (Å²) in [6, 6.07) is 13.0. The second-order valence-corrected chi connectivity index (χ2v) is 7.94. The quantitative estimate of drug-likeness (QED) is 0.663. The maximum atomic E-state index is 13.0. The fourth-order valence-corrected chi connectivity index (χ4v) is 4.16. The van der Waals surface area contributed by atoms with Crippen molar-refractivity contribution in [1.82, 2.24) is 10.2 Å². The fraction of sp³-hybridized carbons (Fsp3) is 0.200. The molecule has 146 valence electrons. The van der Waals surface area contributed by atoms with E-state index in [1.54, 1.807) is 43.3 Å². The van der Waals surface area contributed by atoms with E-state index in [-0.39, 0.29) is 10.5 Å². The van der Waals surface area contributed by atoms with Crippen LogP contribution in [0.1, 0.15) is 18.1 Å². The van der Waals surface area contributed by atoms with Gasteiger partial charge in [0.1, 0.15) is 5.75 Å². The zero-order chi connectivity index (χ0) is 20.3. The molecule has 0 spiro atoms. The molecule has 0 amide bonds. The molecular weight excluding hydrogens is 378 g/mol. The molecule has 3 rings (SSSR count). The second-order valence-electron chi connectivity index (χ2n) is 6.29. The van der Waals surface area contributed by atoms with Crippen molar-refractivity contribution in [2.45, 2.75) is 25.7 Å². The first-order chi connectivity index (χ1) is 13.3. The molecule has 0 atom stereocenters. The first kappa shape index (κ1) is 19.6. The highest BCUT2D eigenvalue weighted by Gasteiger charge is 2.20. The lowest BCUT2D eigenvalue weighted by Gasteiger charge is -2.14. The maximum Gasteiger partial charge on any atom is 0.264 e. The molecular formula is C20H21N3O4S. The highest BCUT2D eigenvalue weighted by molar-refractivity contribution is 7.92. The van der Waals surface area contributed by atoms with E-state index in [1.807, 2.05) is 19.9 Å². The molecule has 1 heterocycles. The molecule has 0 saturated heterocycles. The predicted octanol–water partition coefficient (Wildman–Crippen LogP) is 3.25. The van der Waals surface area contributed by atoms with Crippen molar-refractivity contribution in [2.75, 3.05) is 11.3 Å². The van der Waals surface area contributed by atoms with Gasteiger partial charge in [0.2, 0.25) is 0 Å². The van der Waals surface area contributed by atoms with Crippen molar-refractivity contribution in [3.63, 3.8) is 0 Å². The molecule has 2 N–H and O–H groups in total. The number of sulfonamides is 1. The number of benzene rings is 2. The largest absolute Gasteiger partial charge is 0.494 e. The molecule has 28 heavy (non-hydrogen) atoms. The van der Waals surface area contributed by atoms with Gasteiger partial charge in [-0.05, 0) is 74.4 Å². The lowest BCUT2D eigenvalue weighted by atomic mass is 10.0. The van der Waals surface area contributed by atoms with E-state index in [9.17, 15) is 13.2 Å². The molecule has 0 unspecified atom stereocenters. The average molecular weight is 399 g/mol. The number of nitrogens with zero attached hydrogens (tertiary/aromatic N) is 1. The third-order valence-corrected chi connectivity index (χ3v) is 5.81. The van der Waals surface area contributed by atoms with Crippen LogP contribution in [0.15, 0.2) is 58.2 Å². The highest BCUT2D eigenvalue weighted by Crippen LogP contribution is 2.28. The summed E-state index contributed by atoms with van der Waals surface area (Å²) in [5.74, 6) is 0.670. The molecule has 1 aromatic heterocycles. The van der Waals surface area contributed by atoms with E-state index in [1.165, 1.54) is 6.07 Å². The Labute approximate surface area is 163 Å². The molecule has 0 saturated carbocycles. The molecule has 0 bridgehead atoms. The lowest BCUT2D eigenvalue weighted by molar-refractivity contribution is 0.340. The Kier molecular flexibility index (Phi) is 5.51. The third-order valence-electron chi connectivity index (χ3n) is 4.30. The minimum absolute atomic E-state index is 0.157. The molecule has 2 aromatic carbocycles. The molecule has 0 radical (unpaired) electrons. The highest BCUT2D eigenvalue weighted by atomic mass is 32.2. The number of hydrogen-bond donors (Lipinski definition) is 2. The van der Waals surface area contributed by atoms with Crippen LogP contribution in [-0.2, 0) is 10.0 Å². The van der Waals surface area contributed by atoms with Crippen molar-refractivity contribution in [1.29, 1.82) is 0 Å².